The van der Waals surface area contributed by atoms with Gasteiger partial charge in [-0.2, -0.15) is 13.2 Å². The highest BCUT2D eigenvalue weighted by molar-refractivity contribution is 6.30. The molecule has 0 amide bonds. The summed E-state index contributed by atoms with van der Waals surface area (Å²) in [7, 11) is 0. The van der Waals surface area contributed by atoms with E-state index in [-0.39, 0.29) is 5.56 Å². The SMILES string of the molecule is O=C(c1ccc(Cl)cc1)C(C(=O)C(F)(F)F)C12CC3CC(CC(C3)C1)C2. The molecular weight excluding hydrogens is 365 g/mol. The lowest BCUT2D eigenvalue weighted by atomic mass is 9.45. The van der Waals surface area contributed by atoms with Gasteiger partial charge in [-0.3, -0.25) is 9.59 Å². The van der Waals surface area contributed by atoms with Crippen LogP contribution in [0.5, 0.6) is 0 Å². The molecule has 26 heavy (non-hydrogen) atoms. The second-order valence-corrected chi connectivity index (χ2v) is 8.88. The second-order valence-electron chi connectivity index (χ2n) is 8.45. The molecule has 0 N–H and O–H groups in total. The van der Waals surface area contributed by atoms with Crippen molar-refractivity contribution in [3.05, 3.63) is 34.9 Å². The van der Waals surface area contributed by atoms with Crippen LogP contribution in [-0.4, -0.2) is 17.7 Å². The largest absolute Gasteiger partial charge is 0.450 e. The zero-order chi connectivity index (χ0) is 18.7. The van der Waals surface area contributed by atoms with E-state index < -0.39 is 29.1 Å². The third kappa shape index (κ3) is 2.98. The average Bonchev–Trinajstić information content (AvgIpc) is 2.53. The topological polar surface area (TPSA) is 34.1 Å². The van der Waals surface area contributed by atoms with E-state index in [1.54, 1.807) is 0 Å². The Hall–Kier alpha value is -1.36. The molecule has 140 valence electrons. The Balaban J connectivity index is 1.75. The first-order valence-electron chi connectivity index (χ1n) is 9.09. The number of Topliss-reactive ketones (excluding diaryl/α,β-unsaturated/α-hetero) is 2. The number of carbonyl (C=O) groups excluding carboxylic acids is 2. The Morgan fingerprint density at radius 2 is 1.42 bits per heavy atom. The monoisotopic (exact) mass is 384 g/mol. The second kappa shape index (κ2) is 6.08. The van der Waals surface area contributed by atoms with Gasteiger partial charge < -0.3 is 0 Å². The van der Waals surface area contributed by atoms with Gasteiger partial charge in [0.1, 0.15) is 0 Å². The van der Waals surface area contributed by atoms with Gasteiger partial charge in [0, 0.05) is 10.6 Å². The van der Waals surface area contributed by atoms with Gasteiger partial charge >= 0.3 is 6.18 Å². The lowest BCUT2D eigenvalue weighted by Crippen LogP contribution is -2.55. The van der Waals surface area contributed by atoms with E-state index in [0.717, 1.165) is 19.3 Å². The predicted octanol–water partition coefficient (Wildman–Crippen LogP) is 5.49. The predicted molar refractivity (Wildman–Crippen MR) is 90.9 cm³/mol. The number of benzene rings is 1. The summed E-state index contributed by atoms with van der Waals surface area (Å²) in [6.07, 6.45) is -0.236. The van der Waals surface area contributed by atoms with E-state index in [0.29, 0.717) is 42.0 Å². The van der Waals surface area contributed by atoms with Gasteiger partial charge in [0.2, 0.25) is 5.78 Å². The third-order valence-corrected chi connectivity index (χ3v) is 6.88. The van der Waals surface area contributed by atoms with Crippen LogP contribution in [0.4, 0.5) is 13.2 Å². The van der Waals surface area contributed by atoms with Crippen molar-refractivity contribution in [3.63, 3.8) is 0 Å². The van der Waals surface area contributed by atoms with Crippen LogP contribution in [0.15, 0.2) is 24.3 Å². The molecule has 0 aliphatic heterocycles. The minimum Gasteiger partial charge on any atom is -0.293 e. The Morgan fingerprint density at radius 1 is 0.962 bits per heavy atom. The highest BCUT2D eigenvalue weighted by atomic mass is 35.5. The van der Waals surface area contributed by atoms with Gasteiger partial charge in [0.25, 0.3) is 0 Å². The van der Waals surface area contributed by atoms with Crippen molar-refractivity contribution < 1.29 is 22.8 Å². The maximum atomic E-state index is 13.4. The first-order chi connectivity index (χ1) is 12.2. The fraction of sp³-hybridized carbons (Fsp3) is 0.600. The molecule has 0 aromatic heterocycles. The molecular formula is C20H20ClF3O2. The van der Waals surface area contributed by atoms with Crippen LogP contribution in [0.2, 0.25) is 5.02 Å². The molecule has 4 aliphatic rings. The van der Waals surface area contributed by atoms with E-state index in [1.807, 2.05) is 0 Å². The normalized spacial score (nSPS) is 33.9. The summed E-state index contributed by atoms with van der Waals surface area (Å²) in [6, 6.07) is 5.79. The summed E-state index contributed by atoms with van der Waals surface area (Å²) in [4.78, 5) is 25.5. The van der Waals surface area contributed by atoms with Gasteiger partial charge in [0.05, 0.1) is 5.92 Å². The van der Waals surface area contributed by atoms with E-state index in [4.69, 9.17) is 11.6 Å². The summed E-state index contributed by atoms with van der Waals surface area (Å²) >= 11 is 5.83. The first kappa shape index (κ1) is 18.0. The van der Waals surface area contributed by atoms with E-state index in [1.165, 1.54) is 24.3 Å². The van der Waals surface area contributed by atoms with Gasteiger partial charge in [-0.25, -0.2) is 0 Å². The van der Waals surface area contributed by atoms with Crippen molar-refractivity contribution in [2.45, 2.75) is 44.7 Å². The summed E-state index contributed by atoms with van der Waals surface area (Å²) in [6.45, 7) is 0. The molecule has 5 rings (SSSR count). The quantitative estimate of drug-likeness (QED) is 0.508. The van der Waals surface area contributed by atoms with Crippen molar-refractivity contribution in [2.75, 3.05) is 0 Å². The van der Waals surface area contributed by atoms with Crippen LogP contribution in [0.25, 0.3) is 0 Å². The zero-order valence-electron chi connectivity index (χ0n) is 14.2. The zero-order valence-corrected chi connectivity index (χ0v) is 14.9. The van der Waals surface area contributed by atoms with Crippen LogP contribution in [0.3, 0.4) is 0 Å². The summed E-state index contributed by atoms with van der Waals surface area (Å²) in [5.41, 5.74) is -0.703. The first-order valence-corrected chi connectivity index (χ1v) is 9.46. The van der Waals surface area contributed by atoms with Crippen LogP contribution in [0.1, 0.15) is 48.9 Å². The molecule has 4 fully saturated rings. The number of hydrogen-bond donors (Lipinski definition) is 0. The van der Waals surface area contributed by atoms with Crippen LogP contribution in [-0.2, 0) is 4.79 Å². The number of ketones is 2. The molecule has 4 bridgehead atoms. The standard InChI is InChI=1S/C20H20ClF3O2/c21-15-3-1-14(2-4-15)17(25)16(18(26)20(22,23)24)19-8-11-5-12(9-19)7-13(6-11)10-19/h1-4,11-13,16H,5-10H2. The lowest BCUT2D eigenvalue weighted by molar-refractivity contribution is -0.183. The van der Waals surface area contributed by atoms with Gasteiger partial charge in [0.15, 0.2) is 5.78 Å². The molecule has 0 radical (unpaired) electrons. The summed E-state index contributed by atoms with van der Waals surface area (Å²) in [5, 5.41) is 0.398. The minimum atomic E-state index is -5.00. The maximum Gasteiger partial charge on any atom is 0.450 e. The number of rotatable bonds is 4. The number of carbonyl (C=O) groups is 2. The number of halogens is 4. The van der Waals surface area contributed by atoms with Gasteiger partial charge in [-0.1, -0.05) is 11.6 Å². The van der Waals surface area contributed by atoms with Crippen molar-refractivity contribution in [1.82, 2.24) is 0 Å². The highest BCUT2D eigenvalue weighted by Gasteiger charge is 2.61. The Bertz CT molecular complexity index is 703. The fourth-order valence-corrected chi connectivity index (χ4v) is 6.28. The molecule has 1 atom stereocenters. The summed E-state index contributed by atoms with van der Waals surface area (Å²) < 4.78 is 40.2. The number of alkyl halides is 3. The smallest absolute Gasteiger partial charge is 0.293 e. The Kier molecular flexibility index (Phi) is 4.22. The molecule has 1 unspecified atom stereocenters. The van der Waals surface area contributed by atoms with Crippen LogP contribution < -0.4 is 0 Å². The molecule has 0 saturated heterocycles. The molecule has 1 aromatic carbocycles. The van der Waals surface area contributed by atoms with Crippen LogP contribution >= 0.6 is 11.6 Å². The van der Waals surface area contributed by atoms with Crippen molar-refractivity contribution in [3.8, 4) is 0 Å². The molecule has 4 saturated carbocycles. The average molecular weight is 385 g/mol. The molecule has 2 nitrogen and oxygen atoms in total. The highest BCUT2D eigenvalue weighted by Crippen LogP contribution is 2.63. The summed E-state index contributed by atoms with van der Waals surface area (Å²) in [5.74, 6) is -3.16. The third-order valence-electron chi connectivity index (χ3n) is 6.63. The van der Waals surface area contributed by atoms with Crippen molar-refractivity contribution >= 4 is 23.2 Å². The van der Waals surface area contributed by atoms with Crippen LogP contribution in [0, 0.1) is 29.1 Å². The van der Waals surface area contributed by atoms with E-state index in [9.17, 15) is 22.8 Å². The minimum absolute atomic E-state index is 0.132. The lowest BCUT2D eigenvalue weighted by Gasteiger charge is -2.58. The van der Waals surface area contributed by atoms with Gasteiger partial charge in [-0.15, -0.1) is 0 Å². The van der Waals surface area contributed by atoms with Crippen molar-refractivity contribution in [2.24, 2.45) is 29.1 Å². The molecule has 6 heteroatoms. The fourth-order valence-electron chi connectivity index (χ4n) is 6.15. The molecule has 4 aliphatic carbocycles. The molecule has 0 spiro atoms. The van der Waals surface area contributed by atoms with Crippen molar-refractivity contribution in [1.29, 1.82) is 0 Å². The molecule has 1 aromatic rings. The Morgan fingerprint density at radius 3 is 1.85 bits per heavy atom. The number of hydrogen-bond acceptors (Lipinski definition) is 2. The molecule has 0 heterocycles. The van der Waals surface area contributed by atoms with Gasteiger partial charge in [-0.05, 0) is 86.0 Å². The maximum absolute atomic E-state index is 13.4. The van der Waals surface area contributed by atoms with E-state index in [2.05, 4.69) is 0 Å². The Labute approximate surface area is 155 Å². The van der Waals surface area contributed by atoms with E-state index >= 15 is 0 Å².